The zero-order chi connectivity index (χ0) is 13.9. The molecule has 1 heterocycles. The molecule has 0 unspecified atom stereocenters. The van der Waals surface area contributed by atoms with Crippen LogP contribution < -0.4 is 5.32 Å². The van der Waals surface area contributed by atoms with Crippen LogP contribution in [0.15, 0.2) is 30.3 Å². The third-order valence-corrected chi connectivity index (χ3v) is 4.98. The molecule has 6 heteroatoms. The van der Waals surface area contributed by atoms with Crippen LogP contribution in [0.4, 0.5) is 0 Å². The van der Waals surface area contributed by atoms with Gasteiger partial charge in [-0.15, -0.1) is 0 Å². The van der Waals surface area contributed by atoms with Crippen molar-refractivity contribution in [2.24, 2.45) is 0 Å². The van der Waals surface area contributed by atoms with Gasteiger partial charge >= 0.3 is 0 Å². The minimum absolute atomic E-state index is 0.0966. The molecule has 1 atom stereocenters. The lowest BCUT2D eigenvalue weighted by molar-refractivity contribution is -0.130. The Morgan fingerprint density at radius 2 is 1.79 bits per heavy atom. The maximum Gasteiger partial charge on any atom is 0.253 e. The number of rotatable bonds is 3. The van der Waals surface area contributed by atoms with E-state index in [1.165, 1.54) is 0 Å². The van der Waals surface area contributed by atoms with Crippen LogP contribution >= 0.6 is 0 Å². The van der Waals surface area contributed by atoms with Gasteiger partial charge in [0.15, 0.2) is 6.10 Å². The SMILES string of the molecule is O=C(NC1CCS(=O)(=O)CC1)[C@@H](O)c1ccccc1. The molecule has 1 aliphatic heterocycles. The molecule has 1 aromatic rings. The van der Waals surface area contributed by atoms with E-state index in [9.17, 15) is 18.3 Å². The monoisotopic (exact) mass is 283 g/mol. The summed E-state index contributed by atoms with van der Waals surface area (Å²) in [6.07, 6.45) is -0.384. The molecular formula is C13H17NO4S. The van der Waals surface area contributed by atoms with Gasteiger partial charge in [0, 0.05) is 6.04 Å². The van der Waals surface area contributed by atoms with Gasteiger partial charge in [0.25, 0.3) is 5.91 Å². The summed E-state index contributed by atoms with van der Waals surface area (Å²) in [4.78, 5) is 11.9. The average Bonchev–Trinajstić information content (AvgIpc) is 2.41. The number of benzene rings is 1. The number of aliphatic hydroxyl groups excluding tert-OH is 1. The molecule has 0 aromatic heterocycles. The Balaban J connectivity index is 1.92. The summed E-state index contributed by atoms with van der Waals surface area (Å²) in [7, 11) is -2.94. The Kier molecular flexibility index (Phi) is 4.21. The molecule has 0 spiro atoms. The first-order valence-corrected chi connectivity index (χ1v) is 8.04. The van der Waals surface area contributed by atoms with Crippen molar-refractivity contribution >= 4 is 15.7 Å². The van der Waals surface area contributed by atoms with E-state index < -0.39 is 21.8 Å². The molecule has 0 saturated carbocycles. The molecule has 104 valence electrons. The third-order valence-electron chi connectivity index (χ3n) is 3.26. The largest absolute Gasteiger partial charge is 0.378 e. The number of nitrogens with one attached hydrogen (secondary N) is 1. The smallest absolute Gasteiger partial charge is 0.253 e. The lowest BCUT2D eigenvalue weighted by Crippen LogP contribution is -2.42. The van der Waals surface area contributed by atoms with Crippen molar-refractivity contribution in [1.29, 1.82) is 0 Å². The van der Waals surface area contributed by atoms with Crippen molar-refractivity contribution in [3.8, 4) is 0 Å². The number of aliphatic hydroxyl groups is 1. The second-order valence-electron chi connectivity index (χ2n) is 4.75. The van der Waals surface area contributed by atoms with Crippen molar-refractivity contribution < 1.29 is 18.3 Å². The zero-order valence-electron chi connectivity index (χ0n) is 10.5. The van der Waals surface area contributed by atoms with Gasteiger partial charge in [-0.3, -0.25) is 4.79 Å². The summed E-state index contributed by atoms with van der Waals surface area (Å²) in [5, 5.41) is 12.6. The van der Waals surface area contributed by atoms with E-state index in [2.05, 4.69) is 5.32 Å². The molecule has 2 rings (SSSR count). The molecule has 1 aliphatic rings. The molecule has 2 N–H and O–H groups in total. The van der Waals surface area contributed by atoms with Gasteiger partial charge in [0.1, 0.15) is 9.84 Å². The number of carbonyl (C=O) groups excluding carboxylic acids is 1. The number of sulfone groups is 1. The van der Waals surface area contributed by atoms with E-state index >= 15 is 0 Å². The lowest BCUT2D eigenvalue weighted by Gasteiger charge is -2.24. The van der Waals surface area contributed by atoms with Crippen LogP contribution in [0.25, 0.3) is 0 Å². The fourth-order valence-corrected chi connectivity index (χ4v) is 3.59. The fraction of sp³-hybridized carbons (Fsp3) is 0.462. The van der Waals surface area contributed by atoms with Crippen LogP contribution in [-0.2, 0) is 14.6 Å². The molecule has 1 fully saturated rings. The fourth-order valence-electron chi connectivity index (χ4n) is 2.10. The maximum absolute atomic E-state index is 11.9. The minimum atomic E-state index is -2.94. The highest BCUT2D eigenvalue weighted by atomic mass is 32.2. The Bertz CT molecular complexity index is 527. The number of hydrogen-bond donors (Lipinski definition) is 2. The van der Waals surface area contributed by atoms with Crippen LogP contribution in [0.3, 0.4) is 0 Å². The Morgan fingerprint density at radius 3 is 2.37 bits per heavy atom. The van der Waals surface area contributed by atoms with E-state index in [1.807, 2.05) is 0 Å². The predicted molar refractivity (Wildman–Crippen MR) is 71.2 cm³/mol. The van der Waals surface area contributed by atoms with Gasteiger partial charge in [-0.25, -0.2) is 8.42 Å². The summed E-state index contributed by atoms with van der Waals surface area (Å²) >= 11 is 0. The van der Waals surface area contributed by atoms with E-state index in [1.54, 1.807) is 30.3 Å². The Hall–Kier alpha value is -1.40. The van der Waals surface area contributed by atoms with Gasteiger partial charge < -0.3 is 10.4 Å². The molecular weight excluding hydrogens is 266 g/mol. The molecule has 1 aromatic carbocycles. The molecule has 0 bridgehead atoms. The maximum atomic E-state index is 11.9. The molecule has 19 heavy (non-hydrogen) atoms. The van der Waals surface area contributed by atoms with E-state index in [-0.39, 0.29) is 17.5 Å². The highest BCUT2D eigenvalue weighted by Crippen LogP contribution is 2.16. The number of amides is 1. The normalized spacial score (nSPS) is 20.7. The minimum Gasteiger partial charge on any atom is -0.378 e. The Labute approximate surface area is 112 Å². The average molecular weight is 283 g/mol. The summed E-state index contributed by atoms with van der Waals surface area (Å²) < 4.78 is 22.6. The summed E-state index contributed by atoms with van der Waals surface area (Å²) in [6.45, 7) is 0. The summed E-state index contributed by atoms with van der Waals surface area (Å²) in [5.41, 5.74) is 0.531. The van der Waals surface area contributed by atoms with E-state index in [0.717, 1.165) is 0 Å². The van der Waals surface area contributed by atoms with Gasteiger partial charge in [-0.1, -0.05) is 30.3 Å². The molecule has 5 nitrogen and oxygen atoms in total. The molecule has 1 amide bonds. The molecule has 0 radical (unpaired) electrons. The topological polar surface area (TPSA) is 83.5 Å². The second-order valence-corrected chi connectivity index (χ2v) is 7.05. The van der Waals surface area contributed by atoms with Crippen molar-refractivity contribution in [3.63, 3.8) is 0 Å². The standard InChI is InChI=1S/C13H17NO4S/c15-12(10-4-2-1-3-5-10)13(16)14-11-6-8-19(17,18)9-7-11/h1-5,11-12,15H,6-9H2,(H,14,16)/t12-/m0/s1. The van der Waals surface area contributed by atoms with Crippen LogP contribution in [0.2, 0.25) is 0 Å². The van der Waals surface area contributed by atoms with Crippen LogP contribution in [0, 0.1) is 0 Å². The van der Waals surface area contributed by atoms with Crippen molar-refractivity contribution in [2.45, 2.75) is 25.0 Å². The van der Waals surface area contributed by atoms with Crippen molar-refractivity contribution in [2.75, 3.05) is 11.5 Å². The van der Waals surface area contributed by atoms with Gasteiger partial charge in [0.2, 0.25) is 0 Å². The van der Waals surface area contributed by atoms with Crippen molar-refractivity contribution in [1.82, 2.24) is 5.32 Å². The highest BCUT2D eigenvalue weighted by Gasteiger charge is 2.26. The van der Waals surface area contributed by atoms with Crippen molar-refractivity contribution in [3.05, 3.63) is 35.9 Å². The Morgan fingerprint density at radius 1 is 1.21 bits per heavy atom. The second kappa shape index (κ2) is 5.71. The highest BCUT2D eigenvalue weighted by molar-refractivity contribution is 7.91. The van der Waals surface area contributed by atoms with E-state index in [4.69, 9.17) is 0 Å². The van der Waals surface area contributed by atoms with Crippen LogP contribution in [0.1, 0.15) is 24.5 Å². The summed E-state index contributed by atoms with van der Waals surface area (Å²) in [6, 6.07) is 8.48. The molecule has 1 saturated heterocycles. The first kappa shape index (κ1) is 14.0. The van der Waals surface area contributed by atoms with Crippen LogP contribution in [-0.4, -0.2) is 37.0 Å². The van der Waals surface area contributed by atoms with E-state index in [0.29, 0.717) is 18.4 Å². The third kappa shape index (κ3) is 3.78. The lowest BCUT2D eigenvalue weighted by atomic mass is 10.1. The first-order valence-electron chi connectivity index (χ1n) is 6.22. The quantitative estimate of drug-likeness (QED) is 0.842. The van der Waals surface area contributed by atoms with Gasteiger partial charge in [0.05, 0.1) is 11.5 Å². The number of hydrogen-bond acceptors (Lipinski definition) is 4. The zero-order valence-corrected chi connectivity index (χ0v) is 11.3. The van der Waals surface area contributed by atoms with Crippen LogP contribution in [0.5, 0.6) is 0 Å². The summed E-state index contributed by atoms with van der Waals surface area (Å²) in [5.74, 6) is -0.283. The predicted octanol–water partition coefficient (Wildman–Crippen LogP) is 0.413. The molecule has 0 aliphatic carbocycles. The number of carbonyl (C=O) groups is 1. The van der Waals surface area contributed by atoms with Gasteiger partial charge in [-0.05, 0) is 18.4 Å². The first-order chi connectivity index (χ1) is 8.98. The van der Waals surface area contributed by atoms with Gasteiger partial charge in [-0.2, -0.15) is 0 Å².